The Morgan fingerprint density at radius 3 is 1.24 bits per heavy atom. The van der Waals surface area contributed by atoms with E-state index in [2.05, 4.69) is 74.7 Å². The van der Waals surface area contributed by atoms with Crippen molar-refractivity contribution >= 4 is 11.9 Å². The maximum Gasteiger partial charge on any atom is 0.306 e. The van der Waals surface area contributed by atoms with Crippen LogP contribution in [0.3, 0.4) is 0 Å². The Hall–Kier alpha value is -2.18. The van der Waals surface area contributed by atoms with Crippen molar-refractivity contribution in [2.45, 2.75) is 296 Å². The summed E-state index contributed by atoms with van der Waals surface area (Å²) in [6, 6.07) is -0.705. The quantitative estimate of drug-likeness (QED) is 0.0321. The predicted octanol–water partition coefficient (Wildman–Crippen LogP) is 16.6. The van der Waals surface area contributed by atoms with E-state index in [9.17, 15) is 19.8 Å². The van der Waals surface area contributed by atoms with Gasteiger partial charge in [-0.15, -0.1) is 0 Å². The molecule has 3 N–H and O–H groups in total. The zero-order valence-electron chi connectivity index (χ0n) is 42.0. The highest BCUT2D eigenvalue weighted by atomic mass is 16.5. The first-order valence-corrected chi connectivity index (χ1v) is 27.4. The molecule has 0 saturated heterocycles. The number of carbonyl (C=O) groups excluding carboxylic acids is 2. The molecule has 0 spiro atoms. The Bertz CT molecular complexity index is 1080. The standard InChI is InChI=1S/C57H105NO5/c1-4-7-10-13-16-19-22-24-26-28-30-32-34-36-39-42-45-48-53(51-56(61)58-54(52-59)55(60)49-46-43-40-37-21-18-15-12-9-6-3)63-57(62)50-47-44-41-38-35-33-31-29-27-25-23-20-17-14-11-8-5-2/h16-17,19-20,24-27,53-55,59-60H,4-15,18,21-23,28-52H2,1-3H3,(H,58,61)/b19-16-,20-17-,26-24-,27-25-. The molecule has 6 heteroatoms. The Labute approximate surface area is 391 Å². The lowest BCUT2D eigenvalue weighted by atomic mass is 10.0. The molecule has 0 heterocycles. The van der Waals surface area contributed by atoms with Crippen LogP contribution in [0.5, 0.6) is 0 Å². The minimum Gasteiger partial charge on any atom is -0.462 e. The first-order valence-electron chi connectivity index (χ1n) is 27.4. The summed E-state index contributed by atoms with van der Waals surface area (Å²) < 4.78 is 5.95. The van der Waals surface area contributed by atoms with Gasteiger partial charge in [-0.1, -0.05) is 223 Å². The molecule has 0 rings (SSSR count). The van der Waals surface area contributed by atoms with E-state index in [0.29, 0.717) is 19.3 Å². The number of ether oxygens (including phenoxy) is 1. The summed E-state index contributed by atoms with van der Waals surface area (Å²) in [6.07, 6.45) is 61.7. The van der Waals surface area contributed by atoms with Gasteiger partial charge in [0, 0.05) is 6.42 Å². The minimum atomic E-state index is -0.790. The molecule has 0 aliphatic rings. The summed E-state index contributed by atoms with van der Waals surface area (Å²) in [5.41, 5.74) is 0. The third kappa shape index (κ3) is 46.2. The Balaban J connectivity index is 4.58. The van der Waals surface area contributed by atoms with Crippen LogP contribution >= 0.6 is 0 Å². The SMILES string of the molecule is CCCCC/C=C\C/C=C\CCCCCCCCCC(=O)OC(CCCCCCCCC/C=C\C/C=C\CCCCC)CC(=O)NC(CO)C(O)CCCCCCCCCCCC. The first kappa shape index (κ1) is 60.8. The molecule has 0 saturated carbocycles. The summed E-state index contributed by atoms with van der Waals surface area (Å²) in [5, 5.41) is 23.8. The van der Waals surface area contributed by atoms with E-state index in [1.807, 2.05) is 0 Å². The third-order valence-electron chi connectivity index (χ3n) is 12.4. The molecule has 3 atom stereocenters. The molecule has 0 aliphatic carbocycles. The molecule has 0 bridgehead atoms. The van der Waals surface area contributed by atoms with Gasteiger partial charge in [0.05, 0.1) is 25.2 Å². The molecule has 3 unspecified atom stereocenters. The molecule has 1 amide bonds. The normalized spacial score (nSPS) is 13.5. The van der Waals surface area contributed by atoms with Crippen LogP contribution in [0.1, 0.15) is 278 Å². The van der Waals surface area contributed by atoms with Crippen molar-refractivity contribution in [3.63, 3.8) is 0 Å². The largest absolute Gasteiger partial charge is 0.462 e. The van der Waals surface area contributed by atoms with Crippen molar-refractivity contribution in [1.29, 1.82) is 0 Å². The lowest BCUT2D eigenvalue weighted by molar-refractivity contribution is -0.151. The number of allylic oxidation sites excluding steroid dienone is 8. The van der Waals surface area contributed by atoms with Crippen LogP contribution in [0.2, 0.25) is 0 Å². The van der Waals surface area contributed by atoms with Gasteiger partial charge in [0.15, 0.2) is 0 Å². The summed E-state index contributed by atoms with van der Waals surface area (Å²) in [5.74, 6) is -0.483. The zero-order chi connectivity index (χ0) is 45.9. The van der Waals surface area contributed by atoms with E-state index >= 15 is 0 Å². The fourth-order valence-electron chi connectivity index (χ4n) is 8.20. The van der Waals surface area contributed by atoms with E-state index < -0.39 is 18.2 Å². The fraction of sp³-hybridized carbons (Fsp3) is 0.825. The van der Waals surface area contributed by atoms with Crippen LogP contribution in [-0.4, -0.2) is 46.9 Å². The molecule has 368 valence electrons. The zero-order valence-corrected chi connectivity index (χ0v) is 42.0. The van der Waals surface area contributed by atoms with Crippen LogP contribution in [0.4, 0.5) is 0 Å². The predicted molar refractivity (Wildman–Crippen MR) is 273 cm³/mol. The number of aliphatic hydroxyl groups excluding tert-OH is 2. The highest BCUT2D eigenvalue weighted by molar-refractivity contribution is 5.77. The van der Waals surface area contributed by atoms with Gasteiger partial charge >= 0.3 is 5.97 Å². The number of nitrogens with one attached hydrogen (secondary N) is 1. The third-order valence-corrected chi connectivity index (χ3v) is 12.4. The molecule has 0 aromatic rings. The van der Waals surface area contributed by atoms with E-state index in [1.54, 1.807) is 0 Å². The van der Waals surface area contributed by atoms with E-state index in [4.69, 9.17) is 4.74 Å². The number of hydrogen-bond acceptors (Lipinski definition) is 5. The maximum absolute atomic E-state index is 13.2. The summed E-state index contributed by atoms with van der Waals surface area (Å²) >= 11 is 0. The van der Waals surface area contributed by atoms with Gasteiger partial charge in [-0.2, -0.15) is 0 Å². The summed E-state index contributed by atoms with van der Waals surface area (Å²) in [7, 11) is 0. The number of amides is 1. The topological polar surface area (TPSA) is 95.9 Å². The molecule has 6 nitrogen and oxygen atoms in total. The molecular weight excluding hydrogens is 779 g/mol. The van der Waals surface area contributed by atoms with Crippen molar-refractivity contribution in [2.75, 3.05) is 6.61 Å². The number of aliphatic hydroxyl groups is 2. The second-order valence-corrected chi connectivity index (χ2v) is 18.6. The van der Waals surface area contributed by atoms with Crippen LogP contribution in [0.25, 0.3) is 0 Å². The second kappa shape index (κ2) is 50.8. The van der Waals surface area contributed by atoms with Crippen LogP contribution in [0, 0.1) is 0 Å². The molecule has 0 fully saturated rings. The molecule has 0 aromatic carbocycles. The Morgan fingerprint density at radius 1 is 0.460 bits per heavy atom. The van der Waals surface area contributed by atoms with Gasteiger partial charge in [0.1, 0.15) is 6.10 Å². The van der Waals surface area contributed by atoms with Gasteiger partial charge in [0.2, 0.25) is 5.91 Å². The van der Waals surface area contributed by atoms with Gasteiger partial charge in [-0.25, -0.2) is 0 Å². The van der Waals surface area contributed by atoms with E-state index in [1.165, 1.54) is 148 Å². The Morgan fingerprint density at radius 2 is 0.810 bits per heavy atom. The first-order chi connectivity index (χ1) is 31.0. The number of rotatable bonds is 49. The number of unbranched alkanes of at least 4 members (excludes halogenated alkanes) is 29. The highest BCUT2D eigenvalue weighted by Gasteiger charge is 2.24. The number of carbonyl (C=O) groups is 2. The van der Waals surface area contributed by atoms with Gasteiger partial charge in [-0.3, -0.25) is 9.59 Å². The smallest absolute Gasteiger partial charge is 0.306 e. The van der Waals surface area contributed by atoms with Crippen molar-refractivity contribution < 1.29 is 24.5 Å². The minimum absolute atomic E-state index is 0.0698. The van der Waals surface area contributed by atoms with Crippen LogP contribution < -0.4 is 5.32 Å². The molecule has 63 heavy (non-hydrogen) atoms. The van der Waals surface area contributed by atoms with Crippen LogP contribution in [0.15, 0.2) is 48.6 Å². The summed E-state index contributed by atoms with van der Waals surface area (Å²) in [4.78, 5) is 26.2. The summed E-state index contributed by atoms with van der Waals surface area (Å²) in [6.45, 7) is 6.43. The molecule has 0 aromatic heterocycles. The van der Waals surface area contributed by atoms with Gasteiger partial charge < -0.3 is 20.3 Å². The molecule has 0 aliphatic heterocycles. The van der Waals surface area contributed by atoms with Crippen LogP contribution in [-0.2, 0) is 14.3 Å². The molecule has 0 radical (unpaired) electrons. The lowest BCUT2D eigenvalue weighted by Gasteiger charge is -2.24. The average Bonchev–Trinajstić information content (AvgIpc) is 3.28. The van der Waals surface area contributed by atoms with E-state index in [-0.39, 0.29) is 24.9 Å². The molecular formula is C57H105NO5. The highest BCUT2D eigenvalue weighted by Crippen LogP contribution is 2.18. The second-order valence-electron chi connectivity index (χ2n) is 18.6. The van der Waals surface area contributed by atoms with Crippen molar-refractivity contribution in [1.82, 2.24) is 5.32 Å². The van der Waals surface area contributed by atoms with Gasteiger partial charge in [-0.05, 0) is 89.9 Å². The number of esters is 1. The van der Waals surface area contributed by atoms with Crippen molar-refractivity contribution in [2.24, 2.45) is 0 Å². The lowest BCUT2D eigenvalue weighted by Crippen LogP contribution is -2.46. The monoisotopic (exact) mass is 884 g/mol. The van der Waals surface area contributed by atoms with Crippen molar-refractivity contribution in [3.8, 4) is 0 Å². The van der Waals surface area contributed by atoms with E-state index in [0.717, 1.165) is 83.5 Å². The van der Waals surface area contributed by atoms with Gasteiger partial charge in [0.25, 0.3) is 0 Å². The number of hydrogen-bond donors (Lipinski definition) is 3. The fourth-order valence-corrected chi connectivity index (χ4v) is 8.20. The van der Waals surface area contributed by atoms with Crippen molar-refractivity contribution in [3.05, 3.63) is 48.6 Å². The maximum atomic E-state index is 13.2. The Kier molecular flexibility index (Phi) is 49.1. The average molecular weight is 884 g/mol.